The van der Waals surface area contributed by atoms with Gasteiger partial charge in [0, 0.05) is 38.6 Å². The summed E-state index contributed by atoms with van der Waals surface area (Å²) < 4.78 is 5.44. The molecule has 0 bridgehead atoms. The Morgan fingerprint density at radius 1 is 1.00 bits per heavy atom. The Balaban J connectivity index is 2.11. The molecule has 3 aromatic carbocycles. The molecular formula is C19H14ClNO2. The normalized spacial score (nSPS) is 11.2. The summed E-state index contributed by atoms with van der Waals surface area (Å²) in [6, 6.07) is 15.1. The summed E-state index contributed by atoms with van der Waals surface area (Å²) in [4.78, 5) is 3.23. The summed E-state index contributed by atoms with van der Waals surface area (Å²) in [7, 11) is 1.65. The van der Waals surface area contributed by atoms with Gasteiger partial charge in [-0.05, 0) is 41.8 Å². The maximum Gasteiger partial charge on any atom is 0.126 e. The number of phenolic OH excluding ortho intramolecular Hbond substituents is 1. The maximum absolute atomic E-state index is 10.5. The highest BCUT2D eigenvalue weighted by atomic mass is 35.5. The molecule has 1 heterocycles. The lowest BCUT2D eigenvalue weighted by molar-refractivity contribution is 0.419. The summed E-state index contributed by atoms with van der Waals surface area (Å²) >= 11 is 6.14. The summed E-state index contributed by atoms with van der Waals surface area (Å²) in [6.07, 6.45) is 1.90. The van der Waals surface area contributed by atoms with Crippen LogP contribution in [-0.2, 0) is 0 Å². The zero-order valence-corrected chi connectivity index (χ0v) is 13.2. The van der Waals surface area contributed by atoms with Crippen molar-refractivity contribution in [3.63, 3.8) is 0 Å². The van der Waals surface area contributed by atoms with E-state index in [1.807, 2.05) is 48.7 Å². The third-order valence-corrected chi connectivity index (χ3v) is 4.37. The van der Waals surface area contributed by atoms with Crippen LogP contribution in [0.25, 0.3) is 32.8 Å². The van der Waals surface area contributed by atoms with Crippen molar-refractivity contribution in [3.05, 3.63) is 59.8 Å². The van der Waals surface area contributed by atoms with Crippen LogP contribution in [0.15, 0.2) is 54.7 Å². The van der Waals surface area contributed by atoms with Crippen molar-refractivity contribution < 1.29 is 9.84 Å². The number of nitrogens with one attached hydrogen (secondary N) is 1. The minimum Gasteiger partial charge on any atom is -0.507 e. The van der Waals surface area contributed by atoms with Crippen molar-refractivity contribution in [1.29, 1.82) is 0 Å². The van der Waals surface area contributed by atoms with Gasteiger partial charge in [0.15, 0.2) is 0 Å². The van der Waals surface area contributed by atoms with Crippen LogP contribution < -0.4 is 4.74 Å². The fourth-order valence-electron chi connectivity index (χ4n) is 3.08. The van der Waals surface area contributed by atoms with Crippen LogP contribution in [0.1, 0.15) is 0 Å². The monoisotopic (exact) mass is 323 g/mol. The van der Waals surface area contributed by atoms with Crippen molar-refractivity contribution in [2.24, 2.45) is 0 Å². The third kappa shape index (κ3) is 2.13. The molecule has 0 unspecified atom stereocenters. The molecule has 114 valence electrons. The number of rotatable bonds is 2. The largest absolute Gasteiger partial charge is 0.507 e. The molecule has 0 spiro atoms. The maximum atomic E-state index is 10.5. The summed E-state index contributed by atoms with van der Waals surface area (Å²) in [5.41, 5.74) is 2.66. The Morgan fingerprint density at radius 3 is 2.70 bits per heavy atom. The summed E-state index contributed by atoms with van der Waals surface area (Å²) in [5, 5.41) is 14.0. The molecule has 0 atom stereocenters. The number of phenols is 1. The van der Waals surface area contributed by atoms with Gasteiger partial charge in [-0.3, -0.25) is 0 Å². The molecule has 0 aliphatic heterocycles. The van der Waals surface area contributed by atoms with Gasteiger partial charge in [-0.1, -0.05) is 23.7 Å². The first-order valence-electron chi connectivity index (χ1n) is 7.25. The molecule has 0 saturated heterocycles. The fourth-order valence-corrected chi connectivity index (χ4v) is 3.25. The Labute approximate surface area is 138 Å². The van der Waals surface area contributed by atoms with E-state index in [9.17, 15) is 5.11 Å². The number of aromatic nitrogens is 1. The second kappa shape index (κ2) is 5.21. The number of aromatic amines is 1. The molecule has 2 N–H and O–H groups in total. The smallest absolute Gasteiger partial charge is 0.126 e. The minimum atomic E-state index is 0.228. The van der Waals surface area contributed by atoms with Gasteiger partial charge >= 0.3 is 0 Å². The number of fused-ring (bicyclic) bond motifs is 2. The lowest BCUT2D eigenvalue weighted by Gasteiger charge is -2.11. The Bertz CT molecular complexity index is 1040. The van der Waals surface area contributed by atoms with Crippen LogP contribution in [0, 0.1) is 0 Å². The SMILES string of the molecule is COc1cccc2c(-c3c[nH]c4ccc(Cl)cc34)c(O)ccc12. The second-order valence-corrected chi connectivity index (χ2v) is 5.84. The minimum absolute atomic E-state index is 0.228. The van der Waals surface area contributed by atoms with Gasteiger partial charge < -0.3 is 14.8 Å². The number of hydrogen-bond acceptors (Lipinski definition) is 2. The number of aromatic hydroxyl groups is 1. The zero-order valence-electron chi connectivity index (χ0n) is 12.4. The van der Waals surface area contributed by atoms with Gasteiger partial charge in [-0.2, -0.15) is 0 Å². The van der Waals surface area contributed by atoms with Crippen LogP contribution in [0.3, 0.4) is 0 Å². The van der Waals surface area contributed by atoms with Gasteiger partial charge in [-0.25, -0.2) is 0 Å². The van der Waals surface area contributed by atoms with Crippen molar-refractivity contribution >= 4 is 33.3 Å². The molecule has 23 heavy (non-hydrogen) atoms. The van der Waals surface area contributed by atoms with E-state index < -0.39 is 0 Å². The van der Waals surface area contributed by atoms with E-state index in [2.05, 4.69) is 4.98 Å². The second-order valence-electron chi connectivity index (χ2n) is 5.41. The van der Waals surface area contributed by atoms with Gasteiger partial charge in [0.05, 0.1) is 7.11 Å². The molecule has 0 radical (unpaired) electrons. The van der Waals surface area contributed by atoms with Crippen LogP contribution in [0.5, 0.6) is 11.5 Å². The first-order chi connectivity index (χ1) is 11.2. The molecule has 0 aliphatic carbocycles. The highest BCUT2D eigenvalue weighted by Crippen LogP contribution is 2.42. The number of benzene rings is 3. The lowest BCUT2D eigenvalue weighted by atomic mass is 9.96. The zero-order chi connectivity index (χ0) is 16.0. The van der Waals surface area contributed by atoms with Crippen molar-refractivity contribution in [2.45, 2.75) is 0 Å². The fraction of sp³-hybridized carbons (Fsp3) is 0.0526. The molecular weight excluding hydrogens is 310 g/mol. The van der Waals surface area contributed by atoms with Gasteiger partial charge in [0.2, 0.25) is 0 Å². The van der Waals surface area contributed by atoms with Crippen LogP contribution in [0.2, 0.25) is 5.02 Å². The van der Waals surface area contributed by atoms with E-state index in [-0.39, 0.29) is 5.75 Å². The first kappa shape index (κ1) is 14.0. The molecule has 0 amide bonds. The quantitative estimate of drug-likeness (QED) is 0.522. The number of ether oxygens (including phenoxy) is 1. The van der Waals surface area contributed by atoms with Crippen LogP contribution in [-0.4, -0.2) is 17.2 Å². The average Bonchev–Trinajstić information content (AvgIpc) is 2.96. The Morgan fingerprint density at radius 2 is 1.87 bits per heavy atom. The average molecular weight is 324 g/mol. The Kier molecular flexibility index (Phi) is 3.17. The highest BCUT2D eigenvalue weighted by Gasteiger charge is 2.15. The first-order valence-corrected chi connectivity index (χ1v) is 7.62. The predicted molar refractivity (Wildman–Crippen MR) is 94.5 cm³/mol. The van der Waals surface area contributed by atoms with Crippen molar-refractivity contribution in [3.8, 4) is 22.6 Å². The van der Waals surface area contributed by atoms with E-state index in [0.29, 0.717) is 5.02 Å². The van der Waals surface area contributed by atoms with E-state index in [0.717, 1.165) is 38.6 Å². The molecule has 4 heteroatoms. The molecule has 1 aromatic heterocycles. The standard InChI is InChI=1S/C19H14ClNO2/c1-23-18-4-2-3-13-12(18)6-8-17(22)19(13)15-10-21-16-7-5-11(20)9-14(15)16/h2-10,21-22H,1H3. The van der Waals surface area contributed by atoms with Gasteiger partial charge in [0.25, 0.3) is 0 Å². The molecule has 0 saturated carbocycles. The molecule has 0 fully saturated rings. The van der Waals surface area contributed by atoms with Crippen molar-refractivity contribution in [2.75, 3.05) is 7.11 Å². The number of H-pyrrole nitrogens is 1. The predicted octanol–water partition coefficient (Wildman–Crippen LogP) is 5.36. The summed E-state index contributed by atoms with van der Waals surface area (Å²) in [6.45, 7) is 0. The Hall–Kier alpha value is -2.65. The number of hydrogen-bond donors (Lipinski definition) is 2. The molecule has 3 nitrogen and oxygen atoms in total. The van der Waals surface area contributed by atoms with Crippen LogP contribution in [0.4, 0.5) is 0 Å². The molecule has 4 rings (SSSR count). The number of methoxy groups -OCH3 is 1. The number of halogens is 1. The molecule has 4 aromatic rings. The third-order valence-electron chi connectivity index (χ3n) is 4.13. The van der Waals surface area contributed by atoms with E-state index in [1.54, 1.807) is 13.2 Å². The van der Waals surface area contributed by atoms with Crippen molar-refractivity contribution in [1.82, 2.24) is 4.98 Å². The lowest BCUT2D eigenvalue weighted by Crippen LogP contribution is -1.87. The van der Waals surface area contributed by atoms with E-state index in [1.165, 1.54) is 0 Å². The van der Waals surface area contributed by atoms with Crippen LogP contribution >= 0.6 is 11.6 Å². The summed E-state index contributed by atoms with van der Waals surface area (Å²) in [5.74, 6) is 1.01. The highest BCUT2D eigenvalue weighted by molar-refractivity contribution is 6.31. The topological polar surface area (TPSA) is 45.2 Å². The van der Waals surface area contributed by atoms with E-state index >= 15 is 0 Å². The van der Waals surface area contributed by atoms with E-state index in [4.69, 9.17) is 16.3 Å². The molecule has 0 aliphatic rings. The van der Waals surface area contributed by atoms with Gasteiger partial charge in [0.1, 0.15) is 11.5 Å². The van der Waals surface area contributed by atoms with Gasteiger partial charge in [-0.15, -0.1) is 0 Å².